The van der Waals surface area contributed by atoms with Crippen molar-refractivity contribution in [3.05, 3.63) is 30.1 Å². The fourth-order valence-corrected chi connectivity index (χ4v) is 3.69. The van der Waals surface area contributed by atoms with Gasteiger partial charge in [-0.2, -0.15) is 0 Å². The second kappa shape index (κ2) is 5.19. The molecular weight excluding hydrogens is 262 g/mol. The molecule has 106 valence electrons. The zero-order chi connectivity index (χ0) is 14.1. The summed E-state index contributed by atoms with van der Waals surface area (Å²) in [5, 5.41) is 0. The molecule has 1 aliphatic carbocycles. The second-order valence-corrected chi connectivity index (χ2v) is 7.63. The van der Waals surface area contributed by atoms with Gasteiger partial charge in [0.15, 0.2) is 0 Å². The van der Waals surface area contributed by atoms with E-state index in [0.29, 0.717) is 12.8 Å². The normalized spacial score (nSPS) is 25.8. The smallest absolute Gasteiger partial charge is 0.212 e. The molecule has 1 aromatic rings. The lowest BCUT2D eigenvalue weighted by molar-refractivity contribution is 0.0903. The van der Waals surface area contributed by atoms with Gasteiger partial charge in [0, 0.05) is 24.5 Å². The van der Waals surface area contributed by atoms with Gasteiger partial charge in [0.1, 0.15) is 0 Å². The molecule has 1 fully saturated rings. The molecule has 1 heterocycles. The van der Waals surface area contributed by atoms with Crippen molar-refractivity contribution in [2.45, 2.75) is 38.8 Å². The van der Waals surface area contributed by atoms with Gasteiger partial charge in [-0.15, -0.1) is 0 Å². The second-order valence-electron chi connectivity index (χ2n) is 5.76. The van der Waals surface area contributed by atoms with Crippen molar-refractivity contribution >= 4 is 10.0 Å². The first kappa shape index (κ1) is 14.4. The molecule has 5 nitrogen and oxygen atoms in total. The molecule has 3 N–H and O–H groups in total. The van der Waals surface area contributed by atoms with E-state index in [2.05, 4.69) is 9.71 Å². The number of sulfonamides is 1. The van der Waals surface area contributed by atoms with Gasteiger partial charge >= 0.3 is 0 Å². The number of hydrogen-bond acceptors (Lipinski definition) is 4. The standard InChI is InChI=1S/C13H21N3O2S/c1-13(2)11(14)9-12(13)16-19(17,18)8-5-10-3-6-15-7-4-10/h3-4,6-7,11-12,16H,5,8-9,14H2,1-2H3. The first-order valence-corrected chi connectivity index (χ1v) is 8.11. The van der Waals surface area contributed by atoms with Gasteiger partial charge in [-0.05, 0) is 36.0 Å². The summed E-state index contributed by atoms with van der Waals surface area (Å²) in [6.07, 6.45) is 4.55. The van der Waals surface area contributed by atoms with Gasteiger partial charge in [0.2, 0.25) is 10.0 Å². The molecule has 0 aliphatic heterocycles. The summed E-state index contributed by atoms with van der Waals surface area (Å²) in [6, 6.07) is 3.68. The van der Waals surface area contributed by atoms with E-state index in [4.69, 9.17) is 5.73 Å². The van der Waals surface area contributed by atoms with Crippen LogP contribution < -0.4 is 10.5 Å². The van der Waals surface area contributed by atoms with Crippen LogP contribution in [0, 0.1) is 5.41 Å². The quantitative estimate of drug-likeness (QED) is 0.831. The third kappa shape index (κ3) is 3.32. The molecular formula is C13H21N3O2S. The van der Waals surface area contributed by atoms with Crippen molar-refractivity contribution in [1.82, 2.24) is 9.71 Å². The van der Waals surface area contributed by atoms with E-state index in [1.807, 2.05) is 26.0 Å². The topological polar surface area (TPSA) is 85.1 Å². The van der Waals surface area contributed by atoms with Crippen LogP contribution >= 0.6 is 0 Å². The molecule has 1 aliphatic rings. The van der Waals surface area contributed by atoms with E-state index in [0.717, 1.165) is 5.56 Å². The molecule has 2 atom stereocenters. The Kier molecular flexibility index (Phi) is 3.94. The number of nitrogens with two attached hydrogens (primary N) is 1. The lowest BCUT2D eigenvalue weighted by atomic mass is 9.64. The van der Waals surface area contributed by atoms with E-state index in [-0.39, 0.29) is 23.3 Å². The lowest BCUT2D eigenvalue weighted by Gasteiger charge is -2.50. The molecule has 0 amide bonds. The van der Waals surface area contributed by atoms with Crippen LogP contribution in [0.3, 0.4) is 0 Å². The monoisotopic (exact) mass is 283 g/mol. The first-order valence-electron chi connectivity index (χ1n) is 6.46. The maximum atomic E-state index is 12.0. The highest BCUT2D eigenvalue weighted by atomic mass is 32.2. The predicted octanol–water partition coefficient (Wildman–Crippen LogP) is 0.669. The summed E-state index contributed by atoms with van der Waals surface area (Å²) in [5.74, 6) is 0.0961. The molecule has 0 aromatic carbocycles. The van der Waals surface area contributed by atoms with Crippen molar-refractivity contribution in [3.63, 3.8) is 0 Å². The third-order valence-corrected chi connectivity index (χ3v) is 5.46. The molecule has 1 aromatic heterocycles. The minimum atomic E-state index is -3.26. The average Bonchev–Trinajstić information content (AvgIpc) is 2.37. The number of pyridine rings is 1. The average molecular weight is 283 g/mol. The third-order valence-electron chi connectivity index (χ3n) is 4.07. The van der Waals surface area contributed by atoms with Crippen LogP contribution in [-0.2, 0) is 16.4 Å². The van der Waals surface area contributed by atoms with Crippen LogP contribution in [-0.4, -0.2) is 31.2 Å². The lowest BCUT2D eigenvalue weighted by Crippen LogP contribution is -2.64. The fourth-order valence-electron chi connectivity index (χ4n) is 2.24. The predicted molar refractivity (Wildman–Crippen MR) is 75.0 cm³/mol. The van der Waals surface area contributed by atoms with Crippen LogP contribution in [0.2, 0.25) is 0 Å². The van der Waals surface area contributed by atoms with Crippen molar-refractivity contribution in [1.29, 1.82) is 0 Å². The van der Waals surface area contributed by atoms with Crippen LogP contribution in [0.5, 0.6) is 0 Å². The number of aromatic nitrogens is 1. The van der Waals surface area contributed by atoms with Crippen LogP contribution in [0.25, 0.3) is 0 Å². The maximum Gasteiger partial charge on any atom is 0.212 e. The zero-order valence-corrected chi connectivity index (χ0v) is 12.2. The van der Waals surface area contributed by atoms with Gasteiger partial charge < -0.3 is 5.73 Å². The fraction of sp³-hybridized carbons (Fsp3) is 0.615. The van der Waals surface area contributed by atoms with E-state index in [1.54, 1.807) is 12.4 Å². The summed E-state index contributed by atoms with van der Waals surface area (Å²) in [4.78, 5) is 3.91. The highest BCUT2D eigenvalue weighted by Gasteiger charge is 2.47. The molecule has 6 heteroatoms. The molecule has 1 saturated carbocycles. The van der Waals surface area contributed by atoms with Gasteiger partial charge in [0.05, 0.1) is 5.75 Å². The molecule has 0 saturated heterocycles. The highest BCUT2D eigenvalue weighted by Crippen LogP contribution is 2.39. The zero-order valence-electron chi connectivity index (χ0n) is 11.3. The Bertz CT molecular complexity index is 528. The number of hydrogen-bond donors (Lipinski definition) is 2. The largest absolute Gasteiger partial charge is 0.327 e. The molecule has 0 bridgehead atoms. The van der Waals surface area contributed by atoms with E-state index in [9.17, 15) is 8.42 Å². The summed E-state index contributed by atoms with van der Waals surface area (Å²) < 4.78 is 26.8. The summed E-state index contributed by atoms with van der Waals surface area (Å²) in [5.41, 5.74) is 6.70. The Morgan fingerprint density at radius 2 is 2.05 bits per heavy atom. The Labute approximate surface area is 114 Å². The van der Waals surface area contributed by atoms with Gasteiger partial charge in [-0.3, -0.25) is 4.98 Å². The highest BCUT2D eigenvalue weighted by molar-refractivity contribution is 7.89. The van der Waals surface area contributed by atoms with E-state index < -0.39 is 10.0 Å². The molecule has 2 unspecified atom stereocenters. The Balaban J connectivity index is 1.90. The molecule has 2 rings (SSSR count). The van der Waals surface area contributed by atoms with Crippen molar-refractivity contribution in [2.24, 2.45) is 11.1 Å². The van der Waals surface area contributed by atoms with Crippen molar-refractivity contribution in [2.75, 3.05) is 5.75 Å². The Hall–Kier alpha value is -0.980. The van der Waals surface area contributed by atoms with Gasteiger partial charge in [-0.25, -0.2) is 13.1 Å². The number of rotatable bonds is 5. The number of nitrogens with one attached hydrogen (secondary N) is 1. The number of nitrogens with zero attached hydrogens (tertiary/aromatic N) is 1. The minimum absolute atomic E-state index is 0.0510. The van der Waals surface area contributed by atoms with E-state index in [1.165, 1.54) is 0 Å². The SMILES string of the molecule is CC1(C)C(N)CC1NS(=O)(=O)CCc1ccncc1. The van der Waals surface area contributed by atoms with Crippen LogP contribution in [0.15, 0.2) is 24.5 Å². The van der Waals surface area contributed by atoms with Crippen molar-refractivity contribution < 1.29 is 8.42 Å². The molecule has 19 heavy (non-hydrogen) atoms. The Morgan fingerprint density at radius 1 is 1.42 bits per heavy atom. The maximum absolute atomic E-state index is 12.0. The molecule has 0 spiro atoms. The van der Waals surface area contributed by atoms with E-state index >= 15 is 0 Å². The van der Waals surface area contributed by atoms with Crippen LogP contribution in [0.4, 0.5) is 0 Å². The molecule has 0 radical (unpaired) electrons. The summed E-state index contributed by atoms with van der Waals surface area (Å²) in [7, 11) is -3.26. The minimum Gasteiger partial charge on any atom is -0.327 e. The number of aryl methyl sites for hydroxylation is 1. The Morgan fingerprint density at radius 3 is 2.58 bits per heavy atom. The van der Waals surface area contributed by atoms with Crippen LogP contribution in [0.1, 0.15) is 25.8 Å². The summed E-state index contributed by atoms with van der Waals surface area (Å²) >= 11 is 0. The van der Waals surface area contributed by atoms with Crippen molar-refractivity contribution in [3.8, 4) is 0 Å². The first-order chi connectivity index (χ1) is 8.81. The van der Waals surface area contributed by atoms with Gasteiger partial charge in [0.25, 0.3) is 0 Å². The summed E-state index contributed by atoms with van der Waals surface area (Å²) in [6.45, 7) is 3.99. The van der Waals surface area contributed by atoms with Gasteiger partial charge in [-0.1, -0.05) is 13.8 Å².